The van der Waals surface area contributed by atoms with Gasteiger partial charge in [0.05, 0.1) is 17.4 Å². The molecule has 254 valence electrons. The van der Waals surface area contributed by atoms with Gasteiger partial charge in [0.2, 0.25) is 11.8 Å². The molecule has 12 nitrogen and oxygen atoms in total. The molecule has 0 unspecified atom stereocenters. The summed E-state index contributed by atoms with van der Waals surface area (Å²) in [7, 11) is 0. The minimum absolute atomic E-state index is 0.00389. The van der Waals surface area contributed by atoms with Gasteiger partial charge in [-0.2, -0.15) is 5.10 Å². The Hall–Kier alpha value is -4.17. The van der Waals surface area contributed by atoms with Gasteiger partial charge in [0.15, 0.2) is 11.6 Å². The first kappa shape index (κ1) is 32.1. The maximum atomic E-state index is 14.3. The molecule has 1 spiro atoms. The van der Waals surface area contributed by atoms with Crippen LogP contribution in [0.3, 0.4) is 0 Å². The predicted molar refractivity (Wildman–Crippen MR) is 182 cm³/mol. The van der Waals surface area contributed by atoms with Gasteiger partial charge in [-0.15, -0.1) is 0 Å². The number of carbonyl (C=O) groups excluding carboxylic acids is 3. The lowest BCUT2D eigenvalue weighted by molar-refractivity contribution is -0.138. The minimum atomic E-state index is -0.738. The zero-order valence-electron chi connectivity index (χ0n) is 27.7. The summed E-state index contributed by atoms with van der Waals surface area (Å²) in [5, 5.41) is 8.03. The largest absolute Gasteiger partial charge is 0.325 e. The van der Waals surface area contributed by atoms with Gasteiger partial charge in [-0.25, -0.2) is 19.3 Å². The van der Waals surface area contributed by atoms with E-state index in [4.69, 9.17) is 0 Å². The topological polar surface area (TPSA) is 139 Å². The van der Waals surface area contributed by atoms with E-state index < -0.39 is 11.9 Å². The molecule has 2 amide bonds. The number of ketones is 1. The molecule has 0 bridgehead atoms. The van der Waals surface area contributed by atoms with Crippen LogP contribution in [0.25, 0.3) is 22.2 Å². The summed E-state index contributed by atoms with van der Waals surface area (Å²) in [6.07, 6.45) is 11.5. The number of aromatic nitrogens is 6. The average molecular weight is 731 g/mol. The molecule has 49 heavy (non-hydrogen) atoms. The lowest BCUT2D eigenvalue weighted by atomic mass is 9.77. The molecule has 3 atom stereocenters. The van der Waals surface area contributed by atoms with Crippen molar-refractivity contribution in [1.82, 2.24) is 39.5 Å². The molecule has 4 aromatic rings. The van der Waals surface area contributed by atoms with Gasteiger partial charge in [-0.05, 0) is 78.6 Å². The first-order valence-electron chi connectivity index (χ1n) is 16.8. The summed E-state index contributed by atoms with van der Waals surface area (Å²) >= 11 is 3.12. The zero-order valence-corrected chi connectivity index (χ0v) is 29.3. The third kappa shape index (κ3) is 5.62. The Morgan fingerprint density at radius 2 is 1.78 bits per heavy atom. The third-order valence-electron chi connectivity index (χ3n) is 11.0. The summed E-state index contributed by atoms with van der Waals surface area (Å²) in [6, 6.07) is 2.25. The van der Waals surface area contributed by atoms with Gasteiger partial charge in [-0.1, -0.05) is 12.8 Å². The molecule has 14 heteroatoms. The fraction of sp³-hybridized carbons (Fsp3) is 0.486. The summed E-state index contributed by atoms with van der Waals surface area (Å²) in [5.74, 6) is -0.499. The number of hydrogen-bond acceptors (Lipinski definition) is 9. The molecule has 2 aliphatic heterocycles. The monoisotopic (exact) mass is 729 g/mol. The number of nitrogens with one attached hydrogen (secondary N) is 1. The van der Waals surface area contributed by atoms with Gasteiger partial charge in [0.25, 0.3) is 0 Å². The second kappa shape index (κ2) is 11.7. The quantitative estimate of drug-likeness (QED) is 0.199. The minimum Gasteiger partial charge on any atom is -0.325 e. The van der Waals surface area contributed by atoms with Crippen LogP contribution in [0.1, 0.15) is 67.3 Å². The van der Waals surface area contributed by atoms with Crippen LogP contribution in [-0.2, 0) is 16.1 Å². The van der Waals surface area contributed by atoms with Crippen LogP contribution < -0.4 is 5.32 Å². The van der Waals surface area contributed by atoms with Gasteiger partial charge in [-0.3, -0.25) is 24.0 Å². The number of rotatable bonds is 8. The van der Waals surface area contributed by atoms with Crippen LogP contribution >= 0.6 is 15.9 Å². The number of piperidine rings is 1. The van der Waals surface area contributed by atoms with Crippen molar-refractivity contribution in [3.63, 3.8) is 0 Å². The van der Waals surface area contributed by atoms with Crippen LogP contribution in [0.4, 0.5) is 10.2 Å². The molecule has 4 aromatic heterocycles. The van der Waals surface area contributed by atoms with Crippen molar-refractivity contribution in [1.29, 1.82) is 0 Å². The number of pyridine rings is 2. The number of Topliss-reactive ketones (excluding diaryl/α,β-unsaturated/α-hetero) is 1. The highest BCUT2D eigenvalue weighted by Gasteiger charge is 2.68. The van der Waals surface area contributed by atoms with Crippen LogP contribution in [0.5, 0.6) is 0 Å². The number of anilines is 1. The maximum absolute atomic E-state index is 14.3. The molecule has 1 N–H and O–H groups in total. The number of aryl methyl sites for hydroxylation is 2. The van der Waals surface area contributed by atoms with Crippen LogP contribution in [0.15, 0.2) is 35.3 Å². The molecule has 4 fully saturated rings. The first-order valence-corrected chi connectivity index (χ1v) is 17.6. The summed E-state index contributed by atoms with van der Waals surface area (Å²) in [4.78, 5) is 62.5. The zero-order chi connectivity index (χ0) is 34.2. The van der Waals surface area contributed by atoms with E-state index in [1.54, 1.807) is 43.4 Å². The predicted octanol–water partition coefficient (Wildman–Crippen LogP) is 4.88. The van der Waals surface area contributed by atoms with E-state index in [0.717, 1.165) is 26.1 Å². The Bertz CT molecular complexity index is 2020. The highest BCUT2D eigenvalue weighted by molar-refractivity contribution is 9.10. The highest BCUT2D eigenvalue weighted by atomic mass is 79.9. The summed E-state index contributed by atoms with van der Waals surface area (Å²) < 4.78 is 15.6. The fourth-order valence-electron chi connectivity index (χ4n) is 8.57. The number of fused-ring (bicyclic) bond motifs is 2. The molecule has 2 saturated carbocycles. The van der Waals surface area contributed by atoms with E-state index in [2.05, 4.69) is 51.2 Å². The third-order valence-corrected chi connectivity index (χ3v) is 11.6. The Balaban J connectivity index is 1.08. The van der Waals surface area contributed by atoms with E-state index in [0.29, 0.717) is 45.4 Å². The number of amides is 2. The molecule has 2 aliphatic carbocycles. The lowest BCUT2D eigenvalue weighted by Gasteiger charge is -2.49. The Morgan fingerprint density at radius 1 is 1.04 bits per heavy atom. The fourth-order valence-corrected chi connectivity index (χ4v) is 8.86. The Kier molecular flexibility index (Phi) is 7.67. The van der Waals surface area contributed by atoms with Crippen LogP contribution in [-0.4, -0.2) is 88.8 Å². The number of carbonyl (C=O) groups is 3. The lowest BCUT2D eigenvalue weighted by Crippen LogP contribution is -2.56. The van der Waals surface area contributed by atoms with Gasteiger partial charge in [0, 0.05) is 61.4 Å². The number of hydrogen-bond donors (Lipinski definition) is 1. The molecule has 8 rings (SSSR count). The molecular weight excluding hydrogens is 693 g/mol. The molecular formula is C35H37BrFN9O3. The molecule has 2 saturated heterocycles. The highest BCUT2D eigenvalue weighted by Crippen LogP contribution is 2.61. The Labute approximate surface area is 291 Å². The smallest absolute Gasteiger partial charge is 0.248 e. The average Bonchev–Trinajstić information content (AvgIpc) is 3.37. The van der Waals surface area contributed by atoms with E-state index in [1.807, 2.05) is 0 Å². The summed E-state index contributed by atoms with van der Waals surface area (Å²) in [5.41, 5.74) is 2.81. The van der Waals surface area contributed by atoms with Crippen LogP contribution in [0, 0.1) is 30.5 Å². The molecule has 4 aliphatic rings. The second-order valence-electron chi connectivity index (χ2n) is 14.5. The van der Waals surface area contributed by atoms with Gasteiger partial charge in [0.1, 0.15) is 34.5 Å². The maximum Gasteiger partial charge on any atom is 0.248 e. The van der Waals surface area contributed by atoms with Crippen molar-refractivity contribution in [2.45, 2.75) is 77.9 Å². The normalized spacial score (nSPS) is 23.9. The standard InChI is InChI=1S/C35H37BrFN9O3/c1-19-8-24(37)31(36)41-32(19)42-33(49)26-10-35(18-44-16-34(17-44)6-4-5-7-34)11-28(35)46(26)29(48)15-45-27-14-40-25(22-12-38-21(3)39-13-22)9-23(27)30(43-45)20(2)47/h8-9,12-14,26,28H,4-7,10-11,15-18H2,1-3H3,(H,41,42,49)/t26-,28+,35-/m0/s1. The van der Waals surface area contributed by atoms with Crippen LogP contribution in [0.2, 0.25) is 0 Å². The van der Waals surface area contributed by atoms with Crippen molar-refractivity contribution < 1.29 is 18.8 Å². The van der Waals surface area contributed by atoms with Gasteiger partial charge < -0.3 is 15.1 Å². The first-order chi connectivity index (χ1) is 23.4. The van der Waals surface area contributed by atoms with Crippen molar-refractivity contribution in [3.05, 3.63) is 58.2 Å². The van der Waals surface area contributed by atoms with Gasteiger partial charge >= 0.3 is 0 Å². The van der Waals surface area contributed by atoms with Crippen molar-refractivity contribution in [3.8, 4) is 11.3 Å². The SMILES string of the molecule is CC(=O)c1nn(CC(=O)N2[C@H](C(=O)Nc3nc(Br)c(F)cc3C)C[C@@]3(CN4CC5(CCCC5)C4)C[C@@H]23)c2cnc(-c3cnc(C)nc3)cc12. The second-order valence-corrected chi connectivity index (χ2v) is 15.3. The Morgan fingerprint density at radius 3 is 2.49 bits per heavy atom. The molecule has 6 heterocycles. The van der Waals surface area contributed by atoms with E-state index >= 15 is 0 Å². The molecule has 0 aromatic carbocycles. The number of nitrogens with zero attached hydrogens (tertiary/aromatic N) is 8. The molecule has 0 radical (unpaired) electrons. The van der Waals surface area contributed by atoms with Crippen molar-refractivity contribution >= 4 is 50.2 Å². The van der Waals surface area contributed by atoms with E-state index in [1.165, 1.54) is 43.4 Å². The van der Waals surface area contributed by atoms with E-state index in [9.17, 15) is 18.8 Å². The van der Waals surface area contributed by atoms with E-state index in [-0.39, 0.29) is 51.7 Å². The van der Waals surface area contributed by atoms with Crippen molar-refractivity contribution in [2.24, 2.45) is 10.8 Å². The van der Waals surface area contributed by atoms with Crippen molar-refractivity contribution in [2.75, 3.05) is 25.0 Å². The number of halogens is 2. The number of likely N-dealkylation sites (tertiary alicyclic amines) is 2. The summed E-state index contributed by atoms with van der Waals surface area (Å²) in [6.45, 7) is 7.76.